The van der Waals surface area contributed by atoms with Crippen LogP contribution in [0.15, 0.2) is 16.3 Å². The van der Waals surface area contributed by atoms with Gasteiger partial charge in [0.15, 0.2) is 0 Å². The maximum absolute atomic E-state index is 12.3. The fourth-order valence-corrected chi connectivity index (χ4v) is 4.18. The summed E-state index contributed by atoms with van der Waals surface area (Å²) in [4.78, 5) is 3.25. The maximum atomic E-state index is 12.3. The molecule has 8 heteroatoms. The van der Waals surface area contributed by atoms with E-state index in [1.54, 1.807) is 13.2 Å². The molecule has 1 aromatic rings. The van der Waals surface area contributed by atoms with Gasteiger partial charge in [0.25, 0.3) is 0 Å². The molecule has 1 rings (SSSR count). The van der Waals surface area contributed by atoms with Gasteiger partial charge in [-0.2, -0.15) is 0 Å². The minimum atomic E-state index is -3.43. The van der Waals surface area contributed by atoms with Gasteiger partial charge in [-0.1, -0.05) is 6.92 Å². The van der Waals surface area contributed by atoms with E-state index in [9.17, 15) is 8.42 Å². The molecule has 0 saturated carbocycles. The number of nitrogens with zero attached hydrogens (tertiary/aromatic N) is 1. The zero-order valence-corrected chi connectivity index (χ0v) is 14.5. The van der Waals surface area contributed by atoms with Gasteiger partial charge in [-0.3, -0.25) is 0 Å². The predicted molar refractivity (Wildman–Crippen MR) is 86.3 cm³/mol. The molecule has 1 aromatic heterocycles. The summed E-state index contributed by atoms with van der Waals surface area (Å²) in [7, 11) is 0.159. The monoisotopic (exact) mass is 335 g/mol. The van der Waals surface area contributed by atoms with E-state index < -0.39 is 10.0 Å². The SMILES string of the molecule is CCNCc1sccc1S(=O)(=O)NCCN(C)CCOC. The van der Waals surface area contributed by atoms with Crippen molar-refractivity contribution in [2.24, 2.45) is 0 Å². The molecule has 0 atom stereocenters. The second kappa shape index (κ2) is 9.50. The van der Waals surface area contributed by atoms with Gasteiger partial charge in [0.2, 0.25) is 10.0 Å². The molecule has 0 bridgehead atoms. The van der Waals surface area contributed by atoms with Crippen LogP contribution in [0, 0.1) is 0 Å². The van der Waals surface area contributed by atoms with Crippen molar-refractivity contribution < 1.29 is 13.2 Å². The predicted octanol–water partition coefficient (Wildman–Crippen LogP) is 0.714. The second-order valence-corrected chi connectivity index (χ2v) is 7.42. The Morgan fingerprint density at radius 2 is 2.14 bits per heavy atom. The molecule has 21 heavy (non-hydrogen) atoms. The number of ether oxygens (including phenoxy) is 1. The Balaban J connectivity index is 2.52. The van der Waals surface area contributed by atoms with Crippen molar-refractivity contribution in [2.45, 2.75) is 18.4 Å². The molecule has 0 amide bonds. The van der Waals surface area contributed by atoms with Crippen molar-refractivity contribution in [3.05, 3.63) is 16.3 Å². The fourth-order valence-electron chi connectivity index (χ4n) is 1.74. The van der Waals surface area contributed by atoms with Crippen LogP contribution in [0.25, 0.3) is 0 Å². The molecule has 0 fully saturated rings. The van der Waals surface area contributed by atoms with E-state index in [0.29, 0.717) is 31.1 Å². The minimum absolute atomic E-state index is 0.382. The van der Waals surface area contributed by atoms with Gasteiger partial charge >= 0.3 is 0 Å². The van der Waals surface area contributed by atoms with E-state index in [1.807, 2.05) is 24.3 Å². The highest BCUT2D eigenvalue weighted by Gasteiger charge is 2.19. The van der Waals surface area contributed by atoms with Gasteiger partial charge < -0.3 is 15.0 Å². The van der Waals surface area contributed by atoms with Crippen LogP contribution in [0.1, 0.15) is 11.8 Å². The first kappa shape index (κ1) is 18.5. The lowest BCUT2D eigenvalue weighted by Crippen LogP contribution is -2.34. The Bertz CT molecular complexity index is 503. The summed E-state index contributed by atoms with van der Waals surface area (Å²) in [6.45, 7) is 5.85. The highest BCUT2D eigenvalue weighted by atomic mass is 32.2. The summed E-state index contributed by atoms with van der Waals surface area (Å²) < 4.78 is 32.2. The molecule has 0 spiro atoms. The zero-order chi connectivity index (χ0) is 15.7. The Labute approximate surface area is 131 Å². The third-order valence-corrected chi connectivity index (χ3v) is 5.59. The van der Waals surface area contributed by atoms with Gasteiger partial charge in [0.1, 0.15) is 0 Å². The first-order valence-electron chi connectivity index (χ1n) is 6.95. The topological polar surface area (TPSA) is 70.7 Å². The number of likely N-dealkylation sites (N-methyl/N-ethyl adjacent to an activating group) is 1. The van der Waals surface area contributed by atoms with Gasteiger partial charge in [0.05, 0.1) is 11.5 Å². The van der Waals surface area contributed by atoms with Crippen molar-refractivity contribution >= 4 is 21.4 Å². The van der Waals surface area contributed by atoms with Crippen LogP contribution in [-0.2, 0) is 21.3 Å². The molecule has 0 saturated heterocycles. The number of hydrogen-bond acceptors (Lipinski definition) is 6. The lowest BCUT2D eigenvalue weighted by atomic mass is 10.4. The third kappa shape index (κ3) is 6.41. The summed E-state index contributed by atoms with van der Waals surface area (Å²) in [5.41, 5.74) is 0. The van der Waals surface area contributed by atoms with Crippen LogP contribution in [0.4, 0.5) is 0 Å². The standard InChI is InChI=1S/C13H25N3O3S2/c1-4-14-11-12-13(5-10-20-12)21(17,18)15-6-7-16(2)8-9-19-3/h5,10,14-15H,4,6-9,11H2,1-3H3. The number of sulfonamides is 1. The Hall–Kier alpha value is -0.510. The largest absolute Gasteiger partial charge is 0.383 e. The minimum Gasteiger partial charge on any atom is -0.383 e. The van der Waals surface area contributed by atoms with Crippen LogP contribution < -0.4 is 10.0 Å². The van der Waals surface area contributed by atoms with Gasteiger partial charge in [-0.25, -0.2) is 13.1 Å². The van der Waals surface area contributed by atoms with Crippen molar-refractivity contribution in [3.63, 3.8) is 0 Å². The lowest BCUT2D eigenvalue weighted by Gasteiger charge is -2.16. The number of rotatable bonds is 11. The summed E-state index contributed by atoms with van der Waals surface area (Å²) in [5.74, 6) is 0. The van der Waals surface area contributed by atoms with E-state index in [0.717, 1.165) is 18.0 Å². The average Bonchev–Trinajstić information content (AvgIpc) is 2.92. The summed E-state index contributed by atoms with van der Waals surface area (Å²) in [6, 6.07) is 1.66. The number of methoxy groups -OCH3 is 1. The van der Waals surface area contributed by atoms with Crippen LogP contribution in [0.5, 0.6) is 0 Å². The Morgan fingerprint density at radius 3 is 2.81 bits per heavy atom. The van der Waals surface area contributed by atoms with Crippen molar-refractivity contribution in [2.75, 3.05) is 46.9 Å². The molecule has 6 nitrogen and oxygen atoms in total. The number of nitrogens with one attached hydrogen (secondary N) is 2. The highest BCUT2D eigenvalue weighted by Crippen LogP contribution is 2.21. The van der Waals surface area contributed by atoms with Gasteiger partial charge in [0, 0.05) is 38.2 Å². The van der Waals surface area contributed by atoms with Crippen LogP contribution in [0.3, 0.4) is 0 Å². The first-order chi connectivity index (χ1) is 10.0. The molecular formula is C13H25N3O3S2. The fraction of sp³-hybridized carbons (Fsp3) is 0.692. The molecule has 0 aliphatic carbocycles. The van der Waals surface area contributed by atoms with E-state index in [1.165, 1.54) is 11.3 Å². The van der Waals surface area contributed by atoms with Gasteiger partial charge in [-0.15, -0.1) is 11.3 Å². The Kier molecular flexibility index (Phi) is 8.38. The quantitative estimate of drug-likeness (QED) is 0.623. The molecule has 0 aromatic carbocycles. The summed E-state index contributed by atoms with van der Waals surface area (Å²) >= 11 is 1.46. The third-order valence-electron chi connectivity index (χ3n) is 2.99. The summed E-state index contributed by atoms with van der Waals surface area (Å²) in [6.07, 6.45) is 0. The van der Waals surface area contributed by atoms with Crippen LogP contribution in [0.2, 0.25) is 0 Å². The Morgan fingerprint density at radius 1 is 1.38 bits per heavy atom. The maximum Gasteiger partial charge on any atom is 0.241 e. The summed E-state index contributed by atoms with van der Waals surface area (Å²) in [5, 5.41) is 4.97. The smallest absolute Gasteiger partial charge is 0.241 e. The van der Waals surface area contributed by atoms with Crippen molar-refractivity contribution in [1.82, 2.24) is 14.9 Å². The van der Waals surface area contributed by atoms with E-state index in [-0.39, 0.29) is 0 Å². The molecule has 0 unspecified atom stereocenters. The number of thiophene rings is 1. The molecular weight excluding hydrogens is 310 g/mol. The van der Waals surface area contributed by atoms with Crippen molar-refractivity contribution in [3.8, 4) is 0 Å². The van der Waals surface area contributed by atoms with E-state index in [2.05, 4.69) is 10.0 Å². The van der Waals surface area contributed by atoms with E-state index >= 15 is 0 Å². The molecule has 122 valence electrons. The molecule has 0 radical (unpaired) electrons. The van der Waals surface area contributed by atoms with Gasteiger partial charge in [-0.05, 0) is 25.0 Å². The van der Waals surface area contributed by atoms with Crippen molar-refractivity contribution in [1.29, 1.82) is 0 Å². The number of hydrogen-bond donors (Lipinski definition) is 2. The van der Waals surface area contributed by atoms with E-state index in [4.69, 9.17) is 4.74 Å². The van der Waals surface area contributed by atoms with Crippen LogP contribution >= 0.6 is 11.3 Å². The lowest BCUT2D eigenvalue weighted by molar-refractivity contribution is 0.162. The highest BCUT2D eigenvalue weighted by molar-refractivity contribution is 7.89. The normalized spacial score (nSPS) is 12.2. The molecule has 1 heterocycles. The molecule has 0 aliphatic heterocycles. The molecule has 0 aliphatic rings. The van der Waals surface area contributed by atoms with Crippen LogP contribution in [-0.4, -0.2) is 60.3 Å². The average molecular weight is 335 g/mol. The molecule has 2 N–H and O–H groups in total. The first-order valence-corrected chi connectivity index (χ1v) is 9.31. The zero-order valence-electron chi connectivity index (χ0n) is 12.9. The second-order valence-electron chi connectivity index (χ2n) is 4.68.